The summed E-state index contributed by atoms with van der Waals surface area (Å²) in [4.78, 5) is 0. The van der Waals surface area contributed by atoms with Gasteiger partial charge in [-0.15, -0.1) is 10.2 Å². The lowest BCUT2D eigenvalue weighted by molar-refractivity contribution is -0.0512. The largest absolute Gasteiger partial charge is 0.493 e. The first kappa shape index (κ1) is 19.2. The zero-order chi connectivity index (χ0) is 19.2. The van der Waals surface area contributed by atoms with Gasteiger partial charge in [-0.1, -0.05) is 48.2 Å². The molecule has 0 amide bonds. The van der Waals surface area contributed by atoms with Crippen molar-refractivity contribution in [1.82, 2.24) is 14.8 Å². The Hall–Kier alpha value is -2.61. The molecule has 0 N–H and O–H groups in total. The molecule has 0 aliphatic heterocycles. The van der Waals surface area contributed by atoms with Gasteiger partial charge in [0.2, 0.25) is 0 Å². The van der Waals surface area contributed by atoms with Gasteiger partial charge in [0.1, 0.15) is 0 Å². The Labute approximate surface area is 160 Å². The van der Waals surface area contributed by atoms with Crippen molar-refractivity contribution >= 4 is 11.8 Å². The molecule has 5 nitrogen and oxygen atoms in total. The van der Waals surface area contributed by atoms with E-state index in [4.69, 9.17) is 4.74 Å². The molecule has 0 aliphatic rings. The maximum Gasteiger partial charge on any atom is 0.387 e. The molecule has 1 heterocycles. The Kier molecular flexibility index (Phi) is 6.28. The molecule has 1 aromatic heterocycles. The second-order valence-electron chi connectivity index (χ2n) is 5.57. The lowest BCUT2D eigenvalue weighted by atomic mass is 10.2. The van der Waals surface area contributed by atoms with Crippen LogP contribution in [0.25, 0.3) is 11.4 Å². The smallest absolute Gasteiger partial charge is 0.387 e. The van der Waals surface area contributed by atoms with Gasteiger partial charge < -0.3 is 14.0 Å². The molecule has 0 saturated heterocycles. The summed E-state index contributed by atoms with van der Waals surface area (Å²) in [6, 6.07) is 14.8. The van der Waals surface area contributed by atoms with Gasteiger partial charge in [0.25, 0.3) is 0 Å². The maximum atomic E-state index is 12.4. The lowest BCUT2D eigenvalue weighted by Crippen LogP contribution is -2.03. The fourth-order valence-corrected chi connectivity index (χ4v) is 3.57. The van der Waals surface area contributed by atoms with Crippen LogP contribution in [0.5, 0.6) is 11.5 Å². The van der Waals surface area contributed by atoms with Crippen LogP contribution in [0.1, 0.15) is 12.5 Å². The van der Waals surface area contributed by atoms with E-state index in [2.05, 4.69) is 14.9 Å². The van der Waals surface area contributed by atoms with Crippen molar-refractivity contribution in [1.29, 1.82) is 0 Å². The number of benzene rings is 2. The Balaban J connectivity index is 1.76. The van der Waals surface area contributed by atoms with Crippen molar-refractivity contribution in [3.63, 3.8) is 0 Å². The van der Waals surface area contributed by atoms with Gasteiger partial charge in [0.05, 0.1) is 7.11 Å². The third kappa shape index (κ3) is 4.57. The van der Waals surface area contributed by atoms with Gasteiger partial charge in [-0.3, -0.25) is 0 Å². The summed E-state index contributed by atoms with van der Waals surface area (Å²) in [7, 11) is 1.42. The molecular formula is C19H19F2N3O2S. The molecule has 0 bridgehead atoms. The summed E-state index contributed by atoms with van der Waals surface area (Å²) < 4.78 is 36.5. The highest BCUT2D eigenvalue weighted by Gasteiger charge is 2.14. The van der Waals surface area contributed by atoms with Crippen LogP contribution in [0.3, 0.4) is 0 Å². The van der Waals surface area contributed by atoms with Crippen LogP contribution in [-0.2, 0) is 12.3 Å². The molecule has 0 spiro atoms. The van der Waals surface area contributed by atoms with Gasteiger partial charge in [0, 0.05) is 17.9 Å². The average molecular weight is 391 g/mol. The fourth-order valence-electron chi connectivity index (χ4n) is 2.62. The first-order valence-corrected chi connectivity index (χ1v) is 9.34. The predicted molar refractivity (Wildman–Crippen MR) is 100 cm³/mol. The number of thioether (sulfide) groups is 1. The van der Waals surface area contributed by atoms with E-state index in [1.54, 1.807) is 12.1 Å². The molecule has 27 heavy (non-hydrogen) atoms. The van der Waals surface area contributed by atoms with Crippen LogP contribution < -0.4 is 9.47 Å². The molecule has 0 saturated carbocycles. The molecule has 0 atom stereocenters. The van der Waals surface area contributed by atoms with Crippen molar-refractivity contribution in [3.05, 3.63) is 54.1 Å². The van der Waals surface area contributed by atoms with Crippen molar-refractivity contribution in [2.24, 2.45) is 0 Å². The fraction of sp³-hybridized carbons (Fsp3) is 0.263. The van der Waals surface area contributed by atoms with Crippen LogP contribution in [-0.4, -0.2) is 28.5 Å². The zero-order valence-electron chi connectivity index (χ0n) is 14.9. The summed E-state index contributed by atoms with van der Waals surface area (Å²) >= 11 is 1.52. The van der Waals surface area contributed by atoms with Crippen LogP contribution in [0.2, 0.25) is 0 Å². The topological polar surface area (TPSA) is 49.2 Å². The van der Waals surface area contributed by atoms with Crippen molar-refractivity contribution in [2.45, 2.75) is 31.0 Å². The summed E-state index contributed by atoms with van der Waals surface area (Å²) in [5.74, 6) is 1.71. The van der Waals surface area contributed by atoms with Crippen LogP contribution in [0.4, 0.5) is 8.78 Å². The minimum absolute atomic E-state index is 0.0179. The minimum Gasteiger partial charge on any atom is -0.493 e. The number of nitrogens with zero attached hydrogens (tertiary/aromatic N) is 3. The van der Waals surface area contributed by atoms with Crippen molar-refractivity contribution < 1.29 is 18.3 Å². The van der Waals surface area contributed by atoms with E-state index in [1.807, 2.05) is 41.8 Å². The number of halogens is 2. The van der Waals surface area contributed by atoms with Crippen molar-refractivity contribution in [2.75, 3.05) is 7.11 Å². The molecule has 0 fully saturated rings. The van der Waals surface area contributed by atoms with Crippen LogP contribution in [0.15, 0.2) is 53.7 Å². The number of methoxy groups -OCH3 is 1. The molecule has 0 radical (unpaired) electrons. The third-order valence-corrected chi connectivity index (χ3v) is 4.91. The molecule has 0 unspecified atom stereocenters. The van der Waals surface area contributed by atoms with Crippen molar-refractivity contribution in [3.8, 4) is 22.9 Å². The van der Waals surface area contributed by atoms with E-state index < -0.39 is 6.61 Å². The Morgan fingerprint density at radius 2 is 1.85 bits per heavy atom. The molecular weight excluding hydrogens is 372 g/mol. The van der Waals surface area contributed by atoms with E-state index in [0.717, 1.165) is 28.7 Å². The molecule has 0 aliphatic carbocycles. The summed E-state index contributed by atoms with van der Waals surface area (Å²) in [5.41, 5.74) is 1.92. The third-order valence-electron chi connectivity index (χ3n) is 3.88. The first-order chi connectivity index (χ1) is 13.1. The Bertz CT molecular complexity index is 888. The van der Waals surface area contributed by atoms with Gasteiger partial charge in [-0.05, 0) is 24.6 Å². The molecule has 142 valence electrons. The average Bonchev–Trinajstić information content (AvgIpc) is 3.10. The van der Waals surface area contributed by atoms with E-state index in [1.165, 1.54) is 24.9 Å². The molecule has 3 aromatic rings. The van der Waals surface area contributed by atoms with Gasteiger partial charge in [0.15, 0.2) is 22.5 Å². The highest BCUT2D eigenvalue weighted by atomic mass is 32.2. The van der Waals surface area contributed by atoms with Gasteiger partial charge in [-0.2, -0.15) is 8.78 Å². The highest BCUT2D eigenvalue weighted by Crippen LogP contribution is 2.32. The van der Waals surface area contributed by atoms with E-state index in [9.17, 15) is 8.78 Å². The SMILES string of the molecule is CCn1c(SCc2ccc(OC(F)F)c(OC)c2)nnc1-c1ccccc1. The van der Waals surface area contributed by atoms with Gasteiger partial charge >= 0.3 is 6.61 Å². The van der Waals surface area contributed by atoms with Crippen LogP contribution >= 0.6 is 11.8 Å². The van der Waals surface area contributed by atoms with E-state index in [-0.39, 0.29) is 11.5 Å². The van der Waals surface area contributed by atoms with Crippen LogP contribution in [0, 0.1) is 0 Å². The monoisotopic (exact) mass is 391 g/mol. The number of ether oxygens (including phenoxy) is 2. The Morgan fingerprint density at radius 1 is 1.07 bits per heavy atom. The minimum atomic E-state index is -2.89. The quantitative estimate of drug-likeness (QED) is 0.513. The lowest BCUT2D eigenvalue weighted by Gasteiger charge is -2.11. The number of aromatic nitrogens is 3. The number of hydrogen-bond acceptors (Lipinski definition) is 5. The first-order valence-electron chi connectivity index (χ1n) is 8.35. The Morgan fingerprint density at radius 3 is 2.52 bits per heavy atom. The molecule has 3 rings (SSSR count). The number of alkyl halides is 2. The standard InChI is InChI=1S/C19H19F2N3O2S/c1-3-24-17(14-7-5-4-6-8-14)22-23-19(24)27-12-13-9-10-15(26-18(20)21)16(11-13)25-2/h4-11,18H,3,12H2,1-2H3. The van der Waals surface area contributed by atoms with E-state index in [0.29, 0.717) is 5.75 Å². The zero-order valence-corrected chi connectivity index (χ0v) is 15.7. The number of hydrogen-bond donors (Lipinski definition) is 0. The second kappa shape index (κ2) is 8.85. The number of rotatable bonds is 8. The molecule has 8 heteroatoms. The summed E-state index contributed by atoms with van der Waals surface area (Å²) in [5, 5.41) is 9.41. The second-order valence-corrected chi connectivity index (χ2v) is 6.51. The van der Waals surface area contributed by atoms with Gasteiger partial charge in [-0.25, -0.2) is 0 Å². The predicted octanol–water partition coefficient (Wildman–Crippen LogP) is 4.87. The highest BCUT2D eigenvalue weighted by molar-refractivity contribution is 7.98. The summed E-state index contributed by atoms with van der Waals surface area (Å²) in [6.45, 7) is -0.109. The maximum absolute atomic E-state index is 12.4. The normalized spacial score (nSPS) is 11.0. The molecule has 2 aromatic carbocycles. The van der Waals surface area contributed by atoms with E-state index >= 15 is 0 Å². The summed E-state index contributed by atoms with van der Waals surface area (Å²) in [6.07, 6.45) is 0.